The van der Waals surface area contributed by atoms with Crippen molar-refractivity contribution in [1.82, 2.24) is 24.8 Å². The molecule has 2 unspecified atom stereocenters. The maximum atomic E-state index is 14.7. The van der Waals surface area contributed by atoms with E-state index in [2.05, 4.69) is 20.3 Å². The van der Waals surface area contributed by atoms with E-state index in [0.717, 1.165) is 16.9 Å². The van der Waals surface area contributed by atoms with E-state index in [4.69, 9.17) is 11.6 Å². The third-order valence-electron chi connectivity index (χ3n) is 10.6. The second-order valence-electron chi connectivity index (χ2n) is 15.0. The molecule has 3 heterocycles. The third kappa shape index (κ3) is 6.80. The number of benzene rings is 1. The molecule has 16 heteroatoms. The quantitative estimate of drug-likeness (QED) is 0.257. The van der Waals surface area contributed by atoms with Gasteiger partial charge in [0.2, 0.25) is 21.8 Å². The van der Waals surface area contributed by atoms with Crippen molar-refractivity contribution in [3.63, 3.8) is 0 Å². The lowest BCUT2D eigenvalue weighted by atomic mass is 9.85. The zero-order valence-electron chi connectivity index (χ0n) is 28.9. The Bertz CT molecular complexity index is 1810. The zero-order valence-corrected chi connectivity index (χ0v) is 31.3. The molecule has 272 valence electrons. The summed E-state index contributed by atoms with van der Waals surface area (Å²) in [4.78, 5) is 63.6. The van der Waals surface area contributed by atoms with Gasteiger partial charge in [0.25, 0.3) is 5.91 Å². The summed E-state index contributed by atoms with van der Waals surface area (Å²) in [5.74, 6) is -2.48. The monoisotopic (exact) mass is 748 g/mol. The van der Waals surface area contributed by atoms with Gasteiger partial charge in [-0.3, -0.25) is 24.0 Å². The minimum absolute atomic E-state index is 0.0656. The summed E-state index contributed by atoms with van der Waals surface area (Å²) in [7, 11) is -3.86. The average Bonchev–Trinajstić information content (AvgIpc) is 3.87. The van der Waals surface area contributed by atoms with Gasteiger partial charge in [-0.15, -0.1) is 11.3 Å². The van der Waals surface area contributed by atoms with Gasteiger partial charge < -0.3 is 20.6 Å². The van der Waals surface area contributed by atoms with E-state index in [1.807, 2.05) is 40.7 Å². The first-order chi connectivity index (χ1) is 23.5. The number of aromatic nitrogens is 1. The molecule has 0 radical (unpaired) electrons. The number of hydrogen-bond acceptors (Lipinski definition) is 9. The molecular weight excluding hydrogens is 704 g/mol. The number of likely N-dealkylation sites (tertiary alicyclic amines) is 1. The van der Waals surface area contributed by atoms with Crippen molar-refractivity contribution in [2.45, 2.75) is 109 Å². The van der Waals surface area contributed by atoms with Gasteiger partial charge in [0.1, 0.15) is 17.6 Å². The minimum Gasteiger partial charge on any atom is -0.465 e. The number of nitrogens with one attached hydrogen (secondary N) is 3. The minimum atomic E-state index is -3.86. The molecule has 1 saturated heterocycles. The molecule has 6 rings (SSSR count). The molecule has 4 aliphatic rings. The number of rotatable bonds is 11. The number of aryl methyl sites for hydroxylation is 1. The van der Waals surface area contributed by atoms with E-state index in [0.29, 0.717) is 35.0 Å². The predicted molar refractivity (Wildman–Crippen MR) is 189 cm³/mol. The smallest absolute Gasteiger partial charge is 0.408 e. The highest BCUT2D eigenvalue weighted by molar-refractivity contribution is 7.91. The average molecular weight is 749 g/mol. The fourth-order valence-electron chi connectivity index (χ4n) is 7.51. The Morgan fingerprint density at radius 1 is 1.16 bits per heavy atom. The molecule has 6 atom stereocenters. The summed E-state index contributed by atoms with van der Waals surface area (Å²) < 4.78 is 27.7. The van der Waals surface area contributed by atoms with Crippen LogP contribution in [0.5, 0.6) is 0 Å². The Kier molecular flexibility index (Phi) is 9.66. The first kappa shape index (κ1) is 36.4. The summed E-state index contributed by atoms with van der Waals surface area (Å²) in [5, 5.41) is 16.9. The predicted octanol–water partition coefficient (Wildman–Crippen LogP) is 4.53. The Morgan fingerprint density at radius 2 is 1.88 bits per heavy atom. The van der Waals surface area contributed by atoms with Crippen LogP contribution in [0, 0.1) is 17.3 Å². The molecule has 2 aliphatic carbocycles. The Hall–Kier alpha value is -3.43. The first-order valence-corrected chi connectivity index (χ1v) is 19.9. The van der Waals surface area contributed by atoms with Crippen LogP contribution >= 0.6 is 22.9 Å². The van der Waals surface area contributed by atoms with Crippen LogP contribution < -0.4 is 15.4 Å². The van der Waals surface area contributed by atoms with Crippen molar-refractivity contribution >= 4 is 61.9 Å². The standard InChI is InChI=1S/C34H45ClN6O7S2/c1-6-19-14-34(19,30(44)39-50(47,48)21-11-12-21)38-28(42)25-13-18(26-22-9-8-10-24(35)23(22)17-41(26)32(45)46)16-40(25)29(43)27(33(3,4)5)37-31-36-15-20(7-2)49-31/h8-10,15,18-19,21,25-27H,6-7,11-14,16-17H2,1-5H3,(H,36,37)(H,38,42)(H,39,44)(H,45,46)/t18-,19-,25+,26?,27?,34-/m1/s1. The van der Waals surface area contributed by atoms with E-state index in [9.17, 15) is 32.7 Å². The number of hydrogen-bond donors (Lipinski definition) is 4. The van der Waals surface area contributed by atoms with Crippen LogP contribution in [0.15, 0.2) is 24.4 Å². The molecule has 1 aromatic carbocycles. The molecule has 2 saturated carbocycles. The maximum absolute atomic E-state index is 14.7. The lowest BCUT2D eigenvalue weighted by Crippen LogP contribution is -2.58. The number of sulfonamides is 1. The molecule has 0 spiro atoms. The maximum Gasteiger partial charge on any atom is 0.408 e. The van der Waals surface area contributed by atoms with Crippen LogP contribution in [0.1, 0.15) is 88.8 Å². The first-order valence-electron chi connectivity index (χ1n) is 17.2. The summed E-state index contributed by atoms with van der Waals surface area (Å²) >= 11 is 7.96. The van der Waals surface area contributed by atoms with Gasteiger partial charge >= 0.3 is 6.09 Å². The highest BCUT2D eigenvalue weighted by Crippen LogP contribution is 2.49. The number of carboxylic acid groups (broad SMARTS) is 1. The second kappa shape index (κ2) is 13.3. The highest BCUT2D eigenvalue weighted by atomic mass is 35.5. The summed E-state index contributed by atoms with van der Waals surface area (Å²) in [5.41, 5.74) is -0.640. The van der Waals surface area contributed by atoms with Gasteiger partial charge in [-0.2, -0.15) is 0 Å². The van der Waals surface area contributed by atoms with Crippen molar-refractivity contribution in [3.8, 4) is 0 Å². The number of amides is 4. The van der Waals surface area contributed by atoms with Gasteiger partial charge in [-0.1, -0.05) is 64.8 Å². The molecule has 4 N–H and O–H groups in total. The second-order valence-corrected chi connectivity index (χ2v) is 18.5. The van der Waals surface area contributed by atoms with Crippen molar-refractivity contribution < 1.29 is 32.7 Å². The van der Waals surface area contributed by atoms with E-state index in [-0.39, 0.29) is 37.8 Å². The molecule has 13 nitrogen and oxygen atoms in total. The number of anilines is 1. The van der Waals surface area contributed by atoms with Crippen LogP contribution in [0.2, 0.25) is 5.02 Å². The Morgan fingerprint density at radius 3 is 2.46 bits per heavy atom. The Balaban J connectivity index is 1.34. The van der Waals surface area contributed by atoms with Crippen molar-refractivity contribution in [2.75, 3.05) is 11.9 Å². The van der Waals surface area contributed by atoms with E-state index in [1.165, 1.54) is 21.1 Å². The largest absolute Gasteiger partial charge is 0.465 e. The number of fused-ring (bicyclic) bond motifs is 1. The normalized spacial score (nSPS) is 26.7. The number of nitrogens with zero attached hydrogens (tertiary/aromatic N) is 3. The van der Waals surface area contributed by atoms with Crippen LogP contribution in [0.25, 0.3) is 0 Å². The van der Waals surface area contributed by atoms with Gasteiger partial charge in [0, 0.05) is 28.6 Å². The number of carbonyl (C=O) groups is 4. The molecule has 50 heavy (non-hydrogen) atoms. The molecule has 2 aliphatic heterocycles. The molecule has 4 amide bonds. The molecule has 3 fully saturated rings. The van der Waals surface area contributed by atoms with E-state index in [1.54, 1.807) is 18.3 Å². The molecular formula is C34H45ClN6O7S2. The van der Waals surface area contributed by atoms with Crippen molar-refractivity contribution in [1.29, 1.82) is 0 Å². The van der Waals surface area contributed by atoms with Gasteiger partial charge in [-0.05, 0) is 60.6 Å². The van der Waals surface area contributed by atoms with Gasteiger partial charge in [0.05, 0.1) is 17.8 Å². The van der Waals surface area contributed by atoms with Crippen LogP contribution in [0.3, 0.4) is 0 Å². The molecule has 2 aromatic rings. The van der Waals surface area contributed by atoms with Crippen molar-refractivity contribution in [3.05, 3.63) is 45.4 Å². The lowest BCUT2D eigenvalue weighted by molar-refractivity contribution is -0.141. The number of thiazole rings is 1. The highest BCUT2D eigenvalue weighted by Gasteiger charge is 2.62. The fourth-order valence-corrected chi connectivity index (χ4v) is 9.90. The van der Waals surface area contributed by atoms with Crippen LogP contribution in [-0.2, 0) is 37.4 Å². The summed E-state index contributed by atoms with van der Waals surface area (Å²) in [6, 6.07) is 2.75. The van der Waals surface area contributed by atoms with Crippen molar-refractivity contribution in [2.24, 2.45) is 17.3 Å². The summed E-state index contributed by atoms with van der Waals surface area (Å²) in [6.45, 7) is 9.76. The van der Waals surface area contributed by atoms with Crippen LogP contribution in [0.4, 0.5) is 9.93 Å². The lowest BCUT2D eigenvalue weighted by Gasteiger charge is -2.36. The molecule has 1 aromatic heterocycles. The fraction of sp³-hybridized carbons (Fsp3) is 0.618. The third-order valence-corrected chi connectivity index (χ3v) is 13.8. The van der Waals surface area contributed by atoms with E-state index < -0.39 is 68.2 Å². The number of carbonyl (C=O) groups excluding carboxylic acids is 3. The zero-order chi connectivity index (χ0) is 36.3. The van der Waals surface area contributed by atoms with Crippen LogP contribution in [-0.4, -0.2) is 81.5 Å². The Labute approximate surface area is 301 Å². The van der Waals surface area contributed by atoms with E-state index >= 15 is 0 Å². The topological polar surface area (TPSA) is 178 Å². The van der Waals surface area contributed by atoms with Gasteiger partial charge in [0.15, 0.2) is 5.13 Å². The summed E-state index contributed by atoms with van der Waals surface area (Å²) in [6.07, 6.45) is 3.27. The molecule has 0 bridgehead atoms. The number of halogens is 1. The van der Waals surface area contributed by atoms with Gasteiger partial charge in [-0.25, -0.2) is 18.2 Å². The SMILES string of the molecule is CCc1cnc(NC(C(=O)N2C[C@H](C3c4cccc(Cl)c4CN3C(=O)O)C[C@H]2C(=O)N[C@]2(C(=O)NS(=O)(=O)C3CC3)C[C@H]2CC)C(C)(C)C)s1.